The van der Waals surface area contributed by atoms with Gasteiger partial charge in [-0.05, 0) is 11.4 Å². The van der Waals surface area contributed by atoms with E-state index in [1.165, 1.54) is 11.3 Å². The largest absolute Gasteiger partial charge is 0.253 e. The van der Waals surface area contributed by atoms with Crippen LogP contribution in [-0.2, 0) is 10.8 Å². The number of nitrogens with zero attached hydrogens (tertiary/aromatic N) is 1. The molecule has 4 heteroatoms. The Bertz CT molecular complexity index is 273. The van der Waals surface area contributed by atoms with Crippen LogP contribution < -0.4 is 0 Å². The Labute approximate surface area is 71.9 Å². The Morgan fingerprint density at radius 1 is 1.73 bits per heavy atom. The van der Waals surface area contributed by atoms with Crippen LogP contribution in [0.5, 0.6) is 0 Å². The Kier molecular flexibility index (Phi) is 3.27. The Hall–Kier alpha value is -0.660. The highest BCUT2D eigenvalue weighted by molar-refractivity contribution is 7.87. The summed E-state index contributed by atoms with van der Waals surface area (Å²) < 4.78 is 12.1. The molecule has 0 saturated carbocycles. The van der Waals surface area contributed by atoms with Gasteiger partial charge in [0.15, 0.2) is 0 Å². The molecule has 0 aliphatic rings. The number of hydrogen-bond donors (Lipinski definition) is 0. The first-order valence-electron chi connectivity index (χ1n) is 3.13. The Morgan fingerprint density at radius 2 is 2.55 bits per heavy atom. The minimum Gasteiger partial charge on any atom is -0.253 e. The number of thiophene rings is 1. The molecule has 0 saturated heterocycles. The molecule has 1 aromatic rings. The van der Waals surface area contributed by atoms with Crippen LogP contribution >= 0.6 is 11.3 Å². The van der Waals surface area contributed by atoms with Crippen molar-refractivity contribution in [2.75, 3.05) is 5.75 Å². The molecule has 0 radical (unpaired) electrons. The summed E-state index contributed by atoms with van der Waals surface area (Å²) in [6, 6.07) is 5.67. The quantitative estimate of drug-likeness (QED) is 0.720. The fourth-order valence-electron chi connectivity index (χ4n) is 0.632. The first kappa shape index (κ1) is 8.44. The van der Waals surface area contributed by atoms with E-state index in [4.69, 9.17) is 5.26 Å². The maximum Gasteiger partial charge on any atom is 0.0910 e. The van der Waals surface area contributed by atoms with Crippen LogP contribution in [0.4, 0.5) is 0 Å². The normalized spacial score (nSPS) is 12.3. The predicted molar refractivity (Wildman–Crippen MR) is 45.8 cm³/mol. The SMILES string of the molecule is N#CCCS(=O)c1cccs1. The summed E-state index contributed by atoms with van der Waals surface area (Å²) >= 11 is 1.47. The number of hydrogen-bond acceptors (Lipinski definition) is 3. The van der Waals surface area contributed by atoms with Crippen molar-refractivity contribution in [1.82, 2.24) is 0 Å². The molecule has 0 spiro atoms. The van der Waals surface area contributed by atoms with Crippen LogP contribution in [-0.4, -0.2) is 9.96 Å². The highest BCUT2D eigenvalue weighted by atomic mass is 32.2. The predicted octanol–water partition coefficient (Wildman–Crippen LogP) is 1.77. The Morgan fingerprint density at radius 3 is 3.09 bits per heavy atom. The first-order chi connectivity index (χ1) is 5.34. The lowest BCUT2D eigenvalue weighted by Crippen LogP contribution is -1.93. The summed E-state index contributed by atoms with van der Waals surface area (Å²) in [5.74, 6) is 0.455. The molecule has 2 nitrogen and oxygen atoms in total. The second-order valence-corrected chi connectivity index (χ2v) is 4.64. The second-order valence-electron chi connectivity index (χ2n) is 1.89. The summed E-state index contributed by atoms with van der Waals surface area (Å²) in [5.41, 5.74) is 0. The van der Waals surface area contributed by atoms with Gasteiger partial charge in [-0.1, -0.05) is 6.07 Å². The molecule has 1 heterocycles. The van der Waals surface area contributed by atoms with Gasteiger partial charge in [0.05, 0.1) is 21.1 Å². The van der Waals surface area contributed by atoms with E-state index in [2.05, 4.69) is 0 Å². The molecule has 0 N–H and O–H groups in total. The molecule has 58 valence electrons. The lowest BCUT2D eigenvalue weighted by atomic mass is 10.6. The third kappa shape index (κ3) is 2.45. The molecule has 0 aromatic carbocycles. The third-order valence-corrected chi connectivity index (χ3v) is 3.79. The molecule has 1 aromatic heterocycles. The van der Waals surface area contributed by atoms with E-state index >= 15 is 0 Å². The highest BCUT2D eigenvalue weighted by Gasteiger charge is 2.02. The van der Waals surface area contributed by atoms with Gasteiger partial charge in [-0.3, -0.25) is 4.21 Å². The maximum atomic E-state index is 11.2. The van der Waals surface area contributed by atoms with Crippen LogP contribution in [0.2, 0.25) is 0 Å². The van der Waals surface area contributed by atoms with Crippen LogP contribution in [0.25, 0.3) is 0 Å². The minimum atomic E-state index is -0.956. The molecule has 0 bridgehead atoms. The van der Waals surface area contributed by atoms with Gasteiger partial charge in [-0.25, -0.2) is 0 Å². The fourth-order valence-corrected chi connectivity index (χ4v) is 2.63. The second kappa shape index (κ2) is 4.27. The van der Waals surface area contributed by atoms with E-state index in [0.717, 1.165) is 4.21 Å². The van der Waals surface area contributed by atoms with Crippen LogP contribution in [0, 0.1) is 11.3 Å². The van der Waals surface area contributed by atoms with Crippen molar-refractivity contribution in [1.29, 1.82) is 5.26 Å². The van der Waals surface area contributed by atoms with Crippen molar-refractivity contribution < 1.29 is 4.21 Å². The topological polar surface area (TPSA) is 40.9 Å². The van der Waals surface area contributed by atoms with Gasteiger partial charge >= 0.3 is 0 Å². The molecular formula is C7H7NOS2. The fraction of sp³-hybridized carbons (Fsp3) is 0.286. The maximum absolute atomic E-state index is 11.2. The van der Waals surface area contributed by atoms with Crippen molar-refractivity contribution in [2.24, 2.45) is 0 Å². The molecule has 0 aliphatic heterocycles. The van der Waals surface area contributed by atoms with E-state index in [1.807, 2.05) is 23.6 Å². The number of rotatable bonds is 3. The minimum absolute atomic E-state index is 0.366. The van der Waals surface area contributed by atoms with Crippen molar-refractivity contribution in [3.8, 4) is 6.07 Å². The summed E-state index contributed by atoms with van der Waals surface area (Å²) in [6.07, 6.45) is 0.366. The van der Waals surface area contributed by atoms with Crippen molar-refractivity contribution in [3.05, 3.63) is 17.5 Å². The van der Waals surface area contributed by atoms with Crippen LogP contribution in [0.3, 0.4) is 0 Å². The van der Waals surface area contributed by atoms with Crippen LogP contribution in [0.1, 0.15) is 6.42 Å². The summed E-state index contributed by atoms with van der Waals surface area (Å²) in [4.78, 5) is 0. The van der Waals surface area contributed by atoms with Gasteiger partial charge in [-0.2, -0.15) is 5.26 Å². The van der Waals surface area contributed by atoms with E-state index < -0.39 is 10.8 Å². The van der Waals surface area contributed by atoms with Crippen molar-refractivity contribution in [3.63, 3.8) is 0 Å². The number of nitriles is 1. The zero-order chi connectivity index (χ0) is 8.10. The van der Waals surface area contributed by atoms with Crippen molar-refractivity contribution >= 4 is 22.1 Å². The standard InChI is InChI=1S/C7H7NOS2/c8-4-2-6-11(9)7-3-1-5-10-7/h1,3,5H,2,6H2. The van der Waals surface area contributed by atoms with Gasteiger partial charge in [0, 0.05) is 12.2 Å². The van der Waals surface area contributed by atoms with Crippen molar-refractivity contribution in [2.45, 2.75) is 10.6 Å². The summed E-state index contributed by atoms with van der Waals surface area (Å²) in [5, 5.41) is 10.1. The highest BCUT2D eigenvalue weighted by Crippen LogP contribution is 2.13. The third-order valence-electron chi connectivity index (χ3n) is 1.12. The lowest BCUT2D eigenvalue weighted by molar-refractivity contribution is 0.684. The van der Waals surface area contributed by atoms with Gasteiger partial charge in [0.2, 0.25) is 0 Å². The first-order valence-corrected chi connectivity index (χ1v) is 5.33. The molecule has 1 rings (SSSR count). The average Bonchev–Trinajstić information content (AvgIpc) is 2.52. The summed E-state index contributed by atoms with van der Waals surface area (Å²) in [6.45, 7) is 0. The smallest absolute Gasteiger partial charge is 0.0910 e. The zero-order valence-corrected chi connectivity index (χ0v) is 7.45. The molecular weight excluding hydrogens is 178 g/mol. The monoisotopic (exact) mass is 185 g/mol. The molecule has 0 amide bonds. The van der Waals surface area contributed by atoms with Gasteiger partial charge < -0.3 is 0 Å². The van der Waals surface area contributed by atoms with E-state index in [0.29, 0.717) is 12.2 Å². The van der Waals surface area contributed by atoms with Crippen LogP contribution in [0.15, 0.2) is 21.7 Å². The molecule has 11 heavy (non-hydrogen) atoms. The summed E-state index contributed by atoms with van der Waals surface area (Å²) in [7, 11) is -0.956. The van der Waals surface area contributed by atoms with E-state index in [1.54, 1.807) is 0 Å². The molecule has 1 atom stereocenters. The van der Waals surface area contributed by atoms with Gasteiger partial charge in [-0.15, -0.1) is 11.3 Å². The lowest BCUT2D eigenvalue weighted by Gasteiger charge is -1.91. The molecule has 0 aliphatic carbocycles. The molecule has 1 unspecified atom stereocenters. The van der Waals surface area contributed by atoms with Gasteiger partial charge in [0.25, 0.3) is 0 Å². The zero-order valence-electron chi connectivity index (χ0n) is 5.82. The average molecular weight is 185 g/mol. The van der Waals surface area contributed by atoms with E-state index in [9.17, 15) is 4.21 Å². The van der Waals surface area contributed by atoms with E-state index in [-0.39, 0.29) is 0 Å². The Balaban J connectivity index is 2.51. The molecule has 0 fully saturated rings. The van der Waals surface area contributed by atoms with Gasteiger partial charge in [0.1, 0.15) is 0 Å².